The summed E-state index contributed by atoms with van der Waals surface area (Å²) in [7, 11) is 1.14. The molecule has 1 aliphatic rings. The molecule has 0 saturated carbocycles. The summed E-state index contributed by atoms with van der Waals surface area (Å²) >= 11 is 1.59. The number of thiazole rings is 1. The molecule has 2 aromatic rings. The molecule has 3 rings (SSSR count). The number of carbonyl (C=O) groups is 1. The van der Waals surface area contributed by atoms with Gasteiger partial charge in [0, 0.05) is 57.6 Å². The van der Waals surface area contributed by atoms with Crippen LogP contribution in [0.5, 0.6) is 0 Å². The molecule has 2 heterocycles. The summed E-state index contributed by atoms with van der Waals surface area (Å²) in [5.74, 6) is 1.42. The molecule has 0 unspecified atom stereocenters. The third-order valence-electron chi connectivity index (χ3n) is 4.20. The number of carbonyl (C=O) groups excluding carboxylic acids is 1. The van der Waals surface area contributed by atoms with Crippen LogP contribution in [-0.2, 0) is 10.8 Å². The van der Waals surface area contributed by atoms with Gasteiger partial charge in [0.05, 0.1) is 0 Å². The van der Waals surface area contributed by atoms with Gasteiger partial charge in [0.1, 0.15) is 5.01 Å². The van der Waals surface area contributed by atoms with E-state index in [4.69, 9.17) is 0 Å². The number of rotatable bonds is 3. The summed E-state index contributed by atoms with van der Waals surface area (Å²) in [6, 6.07) is 7.84. The molecule has 1 aliphatic heterocycles. The second kappa shape index (κ2) is 6.93. The molecular weight excluding hydrogens is 328 g/mol. The van der Waals surface area contributed by atoms with E-state index in [0.717, 1.165) is 29.1 Å². The Balaban J connectivity index is 1.78. The van der Waals surface area contributed by atoms with Crippen molar-refractivity contribution in [3.05, 3.63) is 40.9 Å². The largest absolute Gasteiger partial charge is 0.339 e. The second-order valence-electron chi connectivity index (χ2n) is 5.87. The maximum absolute atomic E-state index is 12.7. The Bertz CT molecular complexity index is 732. The lowest BCUT2D eigenvalue weighted by atomic mass is 10.1. The van der Waals surface area contributed by atoms with Gasteiger partial charge in [-0.2, -0.15) is 0 Å². The Morgan fingerprint density at radius 2 is 2.09 bits per heavy atom. The van der Waals surface area contributed by atoms with Crippen molar-refractivity contribution < 1.29 is 9.00 Å². The van der Waals surface area contributed by atoms with Crippen LogP contribution in [0.2, 0.25) is 0 Å². The number of aromatic nitrogens is 1. The highest BCUT2D eigenvalue weighted by Crippen LogP contribution is 2.25. The quantitative estimate of drug-likeness (QED) is 0.856. The van der Waals surface area contributed by atoms with Gasteiger partial charge in [0.15, 0.2) is 0 Å². The molecule has 1 saturated heterocycles. The maximum Gasteiger partial charge on any atom is 0.253 e. The van der Waals surface area contributed by atoms with E-state index in [-0.39, 0.29) is 11.9 Å². The predicted octanol–water partition coefficient (Wildman–Crippen LogP) is 3.10. The van der Waals surface area contributed by atoms with Crippen LogP contribution >= 0.6 is 11.3 Å². The first-order valence-corrected chi connectivity index (χ1v) is 10.1. The van der Waals surface area contributed by atoms with Crippen molar-refractivity contribution in [2.45, 2.75) is 25.8 Å². The number of nitrogens with zero attached hydrogens (tertiary/aromatic N) is 2. The minimum absolute atomic E-state index is 0.0258. The SMILES string of the molecule is Cc1csc(-c2cccc(C(=O)N(C)C3CCS(=O)CC3)c2)n1. The van der Waals surface area contributed by atoms with Gasteiger partial charge in [0.2, 0.25) is 0 Å². The summed E-state index contributed by atoms with van der Waals surface area (Å²) in [5, 5.41) is 2.95. The summed E-state index contributed by atoms with van der Waals surface area (Å²) in [6.45, 7) is 1.97. The zero-order chi connectivity index (χ0) is 16.4. The summed E-state index contributed by atoms with van der Waals surface area (Å²) in [6.07, 6.45) is 1.64. The molecule has 0 bridgehead atoms. The maximum atomic E-state index is 12.7. The van der Waals surface area contributed by atoms with Crippen molar-refractivity contribution in [1.29, 1.82) is 0 Å². The zero-order valence-electron chi connectivity index (χ0n) is 13.3. The van der Waals surface area contributed by atoms with Gasteiger partial charge >= 0.3 is 0 Å². The highest BCUT2D eigenvalue weighted by Gasteiger charge is 2.25. The monoisotopic (exact) mass is 348 g/mol. The molecule has 6 heteroatoms. The van der Waals surface area contributed by atoms with Crippen LogP contribution in [0.25, 0.3) is 10.6 Å². The van der Waals surface area contributed by atoms with Crippen molar-refractivity contribution in [3.63, 3.8) is 0 Å². The molecule has 0 aliphatic carbocycles. The smallest absolute Gasteiger partial charge is 0.253 e. The Labute approximate surface area is 143 Å². The standard InChI is InChI=1S/C17H20N2O2S2/c1-12-11-22-16(18-12)13-4-3-5-14(10-13)17(20)19(2)15-6-8-23(21)9-7-15/h3-5,10-11,15H,6-9H2,1-2H3. The molecule has 0 radical (unpaired) electrons. The van der Waals surface area contributed by atoms with Gasteiger partial charge in [-0.3, -0.25) is 9.00 Å². The molecule has 0 N–H and O–H groups in total. The minimum Gasteiger partial charge on any atom is -0.339 e. The summed E-state index contributed by atoms with van der Waals surface area (Å²) in [4.78, 5) is 19.0. The molecule has 1 aromatic carbocycles. The number of hydrogen-bond acceptors (Lipinski definition) is 4. The van der Waals surface area contributed by atoms with E-state index in [0.29, 0.717) is 17.1 Å². The molecule has 1 fully saturated rings. The van der Waals surface area contributed by atoms with Crippen molar-refractivity contribution in [3.8, 4) is 10.6 Å². The van der Waals surface area contributed by atoms with Crippen LogP contribution in [0, 0.1) is 6.92 Å². The normalized spacial score (nSPS) is 21.1. The van der Waals surface area contributed by atoms with Crippen LogP contribution in [0.4, 0.5) is 0 Å². The van der Waals surface area contributed by atoms with E-state index >= 15 is 0 Å². The number of aryl methyl sites for hydroxylation is 1. The molecule has 0 spiro atoms. The van der Waals surface area contributed by atoms with Crippen LogP contribution < -0.4 is 0 Å². The molecular formula is C17H20N2O2S2. The molecule has 1 amide bonds. The zero-order valence-corrected chi connectivity index (χ0v) is 15.0. The predicted molar refractivity (Wildman–Crippen MR) is 95.3 cm³/mol. The van der Waals surface area contributed by atoms with Gasteiger partial charge in [-0.1, -0.05) is 12.1 Å². The molecule has 0 atom stereocenters. The first-order chi connectivity index (χ1) is 11.0. The van der Waals surface area contributed by atoms with Crippen LogP contribution in [0.15, 0.2) is 29.6 Å². The van der Waals surface area contributed by atoms with E-state index in [1.54, 1.807) is 11.3 Å². The first-order valence-electron chi connectivity index (χ1n) is 7.69. The topological polar surface area (TPSA) is 50.3 Å². The summed E-state index contributed by atoms with van der Waals surface area (Å²) in [5.41, 5.74) is 2.66. The molecule has 1 aromatic heterocycles. The van der Waals surface area contributed by atoms with E-state index in [1.807, 2.05) is 48.5 Å². The van der Waals surface area contributed by atoms with Crippen LogP contribution in [-0.4, -0.2) is 44.6 Å². The lowest BCUT2D eigenvalue weighted by Crippen LogP contribution is -2.41. The fourth-order valence-corrected chi connectivity index (χ4v) is 4.88. The lowest BCUT2D eigenvalue weighted by Gasteiger charge is -2.31. The lowest BCUT2D eigenvalue weighted by molar-refractivity contribution is 0.0723. The molecule has 23 heavy (non-hydrogen) atoms. The van der Waals surface area contributed by atoms with Crippen LogP contribution in [0.1, 0.15) is 28.9 Å². The van der Waals surface area contributed by atoms with Crippen LogP contribution in [0.3, 0.4) is 0 Å². The van der Waals surface area contributed by atoms with Gasteiger partial charge < -0.3 is 4.90 Å². The van der Waals surface area contributed by atoms with Gasteiger partial charge in [0.25, 0.3) is 5.91 Å². The Hall–Kier alpha value is -1.53. The van der Waals surface area contributed by atoms with E-state index in [1.165, 1.54) is 0 Å². The molecule has 4 nitrogen and oxygen atoms in total. The average molecular weight is 348 g/mol. The van der Waals surface area contributed by atoms with Crippen molar-refractivity contribution in [2.75, 3.05) is 18.6 Å². The van der Waals surface area contributed by atoms with E-state index < -0.39 is 10.8 Å². The third kappa shape index (κ3) is 3.70. The third-order valence-corrected chi connectivity index (χ3v) is 6.59. The second-order valence-corrected chi connectivity index (χ2v) is 8.42. The fraction of sp³-hybridized carbons (Fsp3) is 0.412. The Kier molecular flexibility index (Phi) is 4.92. The molecule has 122 valence electrons. The van der Waals surface area contributed by atoms with Gasteiger partial charge in [-0.25, -0.2) is 4.98 Å². The van der Waals surface area contributed by atoms with E-state index in [9.17, 15) is 9.00 Å². The number of benzene rings is 1. The van der Waals surface area contributed by atoms with Crippen molar-refractivity contribution in [2.24, 2.45) is 0 Å². The average Bonchev–Trinajstić information content (AvgIpc) is 3.01. The Morgan fingerprint density at radius 3 is 2.74 bits per heavy atom. The number of hydrogen-bond donors (Lipinski definition) is 0. The fourth-order valence-electron chi connectivity index (χ4n) is 2.81. The van der Waals surface area contributed by atoms with Gasteiger partial charge in [-0.05, 0) is 31.9 Å². The van der Waals surface area contributed by atoms with Crippen molar-refractivity contribution >= 4 is 28.0 Å². The van der Waals surface area contributed by atoms with E-state index in [2.05, 4.69) is 4.98 Å². The summed E-state index contributed by atoms with van der Waals surface area (Å²) < 4.78 is 11.5. The minimum atomic E-state index is -0.706. The van der Waals surface area contributed by atoms with Gasteiger partial charge in [-0.15, -0.1) is 11.3 Å². The highest BCUT2D eigenvalue weighted by atomic mass is 32.2. The number of amides is 1. The van der Waals surface area contributed by atoms with Crippen molar-refractivity contribution in [1.82, 2.24) is 9.88 Å². The first kappa shape index (κ1) is 16.3. The Morgan fingerprint density at radius 1 is 1.35 bits per heavy atom. The highest BCUT2D eigenvalue weighted by molar-refractivity contribution is 7.85.